The molecule has 1 aliphatic heterocycles. The third kappa shape index (κ3) is 2.64. The highest BCUT2D eigenvalue weighted by Gasteiger charge is 2.20. The maximum Gasteiger partial charge on any atom is 0.133 e. The van der Waals surface area contributed by atoms with Crippen molar-refractivity contribution >= 4 is 26.2 Å². The van der Waals surface area contributed by atoms with E-state index >= 15 is 0 Å². The first-order chi connectivity index (χ1) is 11.8. The average Bonchev–Trinajstić information content (AvgIpc) is 3.04. The van der Waals surface area contributed by atoms with Gasteiger partial charge in [-0.25, -0.2) is 4.98 Å². The summed E-state index contributed by atoms with van der Waals surface area (Å²) in [6.07, 6.45) is 6.38. The fraction of sp³-hybridized carbons (Fsp3) is 0.278. The van der Waals surface area contributed by atoms with Crippen LogP contribution < -0.4 is 15.6 Å². The van der Waals surface area contributed by atoms with E-state index in [9.17, 15) is 0 Å². The first-order valence-corrected chi connectivity index (χ1v) is 8.68. The highest BCUT2D eigenvalue weighted by atomic mass is 31.0. The monoisotopic (exact) mass is 340 g/mol. The number of piperidine rings is 1. The molecule has 0 bridgehead atoms. The van der Waals surface area contributed by atoms with Crippen LogP contribution in [-0.4, -0.2) is 22.6 Å². The minimum Gasteiger partial charge on any atom is -0.480 e. The lowest BCUT2D eigenvalue weighted by molar-refractivity contribution is 0.379. The second-order valence-corrected chi connectivity index (χ2v) is 6.42. The molecule has 0 aliphatic carbocycles. The third-order valence-corrected chi connectivity index (χ3v) is 5.01. The largest absolute Gasteiger partial charge is 0.480 e. The molecule has 124 valence electrons. The third-order valence-electron chi connectivity index (χ3n) is 4.74. The van der Waals surface area contributed by atoms with E-state index in [0.717, 1.165) is 40.9 Å². The zero-order valence-corrected chi connectivity index (χ0v) is 14.6. The SMILES string of the molecule is Nc1nccc2c1c(-c1ccc(OP)cc1)cn2C1CCCNC1. The van der Waals surface area contributed by atoms with Crippen molar-refractivity contribution in [3.05, 3.63) is 42.7 Å². The van der Waals surface area contributed by atoms with E-state index in [1.54, 1.807) is 6.20 Å². The number of nitrogens with zero attached hydrogens (tertiary/aromatic N) is 2. The van der Waals surface area contributed by atoms with Gasteiger partial charge < -0.3 is 20.1 Å². The van der Waals surface area contributed by atoms with E-state index < -0.39 is 0 Å². The smallest absolute Gasteiger partial charge is 0.133 e. The number of nitrogen functional groups attached to an aromatic ring is 1. The van der Waals surface area contributed by atoms with E-state index in [1.807, 2.05) is 12.1 Å². The minimum atomic E-state index is 0.450. The normalized spacial score (nSPS) is 18.0. The van der Waals surface area contributed by atoms with Crippen LogP contribution in [0, 0.1) is 0 Å². The molecule has 0 radical (unpaired) electrons. The van der Waals surface area contributed by atoms with Gasteiger partial charge in [0.2, 0.25) is 0 Å². The Morgan fingerprint density at radius 1 is 1.25 bits per heavy atom. The standard InChI is InChI=1S/C18H21N4OP/c19-18-17-15(12-3-5-14(23-24)6-4-12)11-22(16(17)7-9-21-18)13-2-1-8-20-10-13/h3-7,9,11,13,20H,1-2,8,10,24H2,(H2,19,21). The quantitative estimate of drug-likeness (QED) is 0.718. The molecule has 0 saturated carbocycles. The van der Waals surface area contributed by atoms with Gasteiger partial charge in [0.15, 0.2) is 0 Å². The molecule has 5 nitrogen and oxygen atoms in total. The van der Waals surface area contributed by atoms with Gasteiger partial charge in [-0.15, -0.1) is 0 Å². The van der Waals surface area contributed by atoms with Gasteiger partial charge in [0, 0.05) is 35.9 Å². The van der Waals surface area contributed by atoms with Crippen LogP contribution in [0.3, 0.4) is 0 Å². The zero-order chi connectivity index (χ0) is 16.5. The van der Waals surface area contributed by atoms with Gasteiger partial charge in [-0.3, -0.25) is 0 Å². The maximum atomic E-state index is 6.23. The van der Waals surface area contributed by atoms with E-state index in [4.69, 9.17) is 10.3 Å². The molecular weight excluding hydrogens is 319 g/mol. The Morgan fingerprint density at radius 2 is 2.08 bits per heavy atom. The van der Waals surface area contributed by atoms with Crippen LogP contribution in [0.15, 0.2) is 42.7 Å². The van der Waals surface area contributed by atoms with Gasteiger partial charge in [-0.1, -0.05) is 12.1 Å². The molecule has 1 aromatic carbocycles. The molecule has 6 heteroatoms. The molecule has 24 heavy (non-hydrogen) atoms. The molecule has 2 aromatic heterocycles. The van der Waals surface area contributed by atoms with Crippen molar-refractivity contribution < 1.29 is 4.52 Å². The van der Waals surface area contributed by atoms with Crippen molar-refractivity contribution in [1.82, 2.24) is 14.9 Å². The lowest BCUT2D eigenvalue weighted by Gasteiger charge is -2.25. The maximum absolute atomic E-state index is 6.23. The Balaban J connectivity index is 1.87. The lowest BCUT2D eigenvalue weighted by atomic mass is 10.1. The van der Waals surface area contributed by atoms with Crippen LogP contribution in [0.4, 0.5) is 5.82 Å². The van der Waals surface area contributed by atoms with Crippen LogP contribution in [-0.2, 0) is 0 Å². The first-order valence-electron chi connectivity index (χ1n) is 8.21. The predicted molar refractivity (Wildman–Crippen MR) is 101 cm³/mol. The second kappa shape index (κ2) is 6.42. The van der Waals surface area contributed by atoms with Gasteiger partial charge in [0.05, 0.1) is 15.0 Å². The summed E-state index contributed by atoms with van der Waals surface area (Å²) in [6.45, 7) is 2.09. The number of benzene rings is 1. The Hall–Kier alpha value is -2.10. The van der Waals surface area contributed by atoms with Crippen molar-refractivity contribution in [2.24, 2.45) is 0 Å². The summed E-state index contributed by atoms with van der Waals surface area (Å²) >= 11 is 0. The second-order valence-electron chi connectivity index (χ2n) is 6.18. The molecule has 1 aliphatic rings. The molecule has 4 rings (SSSR count). The Bertz CT molecular complexity index is 853. The number of anilines is 1. The minimum absolute atomic E-state index is 0.450. The number of aromatic nitrogens is 2. The number of nitrogens with two attached hydrogens (primary N) is 1. The van der Waals surface area contributed by atoms with Crippen LogP contribution in [0.2, 0.25) is 0 Å². The average molecular weight is 340 g/mol. The van der Waals surface area contributed by atoms with Crippen molar-refractivity contribution in [2.45, 2.75) is 18.9 Å². The number of hydrogen-bond donors (Lipinski definition) is 2. The predicted octanol–water partition coefficient (Wildman–Crippen LogP) is 3.38. The summed E-state index contributed by atoms with van der Waals surface area (Å²) in [5.41, 5.74) is 9.62. The van der Waals surface area contributed by atoms with Gasteiger partial charge in [-0.2, -0.15) is 0 Å². The van der Waals surface area contributed by atoms with Crippen LogP contribution in [0.25, 0.3) is 22.0 Å². The van der Waals surface area contributed by atoms with E-state index in [0.29, 0.717) is 11.9 Å². The molecule has 2 unspecified atom stereocenters. The topological polar surface area (TPSA) is 65.1 Å². The summed E-state index contributed by atoms with van der Waals surface area (Å²) in [5, 5.41) is 4.52. The van der Waals surface area contributed by atoms with Gasteiger partial charge >= 0.3 is 0 Å². The van der Waals surface area contributed by atoms with Crippen molar-refractivity contribution in [3.8, 4) is 16.9 Å². The van der Waals surface area contributed by atoms with E-state index in [1.165, 1.54) is 12.8 Å². The zero-order valence-electron chi connectivity index (χ0n) is 13.4. The molecule has 0 spiro atoms. The fourth-order valence-electron chi connectivity index (χ4n) is 3.54. The molecular formula is C18H21N4OP. The molecule has 1 saturated heterocycles. The molecule has 3 N–H and O–H groups in total. The van der Waals surface area contributed by atoms with Crippen molar-refractivity contribution in [2.75, 3.05) is 18.8 Å². The molecule has 1 fully saturated rings. The number of pyridine rings is 1. The van der Waals surface area contributed by atoms with Gasteiger partial charge in [-0.05, 0) is 43.1 Å². The van der Waals surface area contributed by atoms with Crippen LogP contribution in [0.1, 0.15) is 18.9 Å². The van der Waals surface area contributed by atoms with Crippen molar-refractivity contribution in [1.29, 1.82) is 0 Å². The first kappa shape index (κ1) is 15.4. The molecule has 0 amide bonds. The van der Waals surface area contributed by atoms with Crippen LogP contribution in [0.5, 0.6) is 5.75 Å². The highest BCUT2D eigenvalue weighted by Crippen LogP contribution is 2.36. The number of rotatable bonds is 3. The Morgan fingerprint density at radius 3 is 2.79 bits per heavy atom. The molecule has 3 aromatic rings. The summed E-state index contributed by atoms with van der Waals surface area (Å²) < 4.78 is 7.54. The molecule has 3 heterocycles. The Kier molecular flexibility index (Phi) is 4.13. The van der Waals surface area contributed by atoms with E-state index in [-0.39, 0.29) is 0 Å². The fourth-order valence-corrected chi connectivity index (χ4v) is 3.69. The summed E-state index contributed by atoms with van der Waals surface area (Å²) in [6, 6.07) is 10.5. The number of fused-ring (bicyclic) bond motifs is 1. The lowest BCUT2D eigenvalue weighted by Crippen LogP contribution is -2.31. The van der Waals surface area contributed by atoms with Gasteiger partial charge in [0.1, 0.15) is 11.6 Å². The summed E-state index contributed by atoms with van der Waals surface area (Å²) in [4.78, 5) is 4.31. The number of hydrogen-bond acceptors (Lipinski definition) is 4. The van der Waals surface area contributed by atoms with Crippen LogP contribution >= 0.6 is 9.47 Å². The van der Waals surface area contributed by atoms with Gasteiger partial charge in [0.25, 0.3) is 0 Å². The van der Waals surface area contributed by atoms with Crippen molar-refractivity contribution in [3.63, 3.8) is 0 Å². The Labute approximate surface area is 143 Å². The molecule has 2 atom stereocenters. The highest BCUT2D eigenvalue weighted by molar-refractivity contribution is 7.10. The summed E-state index contributed by atoms with van der Waals surface area (Å²) in [7, 11) is 2.27. The van der Waals surface area contributed by atoms with E-state index in [2.05, 4.69) is 48.7 Å². The summed E-state index contributed by atoms with van der Waals surface area (Å²) in [5.74, 6) is 1.39. The number of nitrogens with one attached hydrogen (secondary N) is 1.